The first kappa shape index (κ1) is 13.8. The van der Waals surface area contributed by atoms with Crippen LogP contribution in [0.1, 0.15) is 11.1 Å². The van der Waals surface area contributed by atoms with E-state index in [0.717, 1.165) is 0 Å². The van der Waals surface area contributed by atoms with E-state index >= 15 is 0 Å². The van der Waals surface area contributed by atoms with Gasteiger partial charge in [-0.1, -0.05) is 60.7 Å². The summed E-state index contributed by atoms with van der Waals surface area (Å²) in [4.78, 5) is 14.2. The van der Waals surface area contributed by atoms with Crippen LogP contribution < -0.4 is 0 Å². The smallest absolute Gasteiger partial charge is 0.264 e. The van der Waals surface area contributed by atoms with Crippen LogP contribution in [0.15, 0.2) is 60.7 Å². The molecule has 0 saturated carbocycles. The number of aliphatic hydroxyl groups excluding tert-OH is 1. The van der Waals surface area contributed by atoms with Crippen molar-refractivity contribution in [2.24, 2.45) is 0 Å². The quantitative estimate of drug-likeness (QED) is 0.887. The third kappa shape index (κ3) is 2.33. The number of benzene rings is 2. The van der Waals surface area contributed by atoms with Crippen molar-refractivity contribution in [2.75, 3.05) is 13.1 Å². The standard InChI is InChI=1S/C17H17NO3/c19-15-11-18(12-15)16(20)17(21,13-7-3-1-4-8-13)14-9-5-2-6-10-14/h1-10,15,19,21H,11-12H2. The minimum Gasteiger partial charge on any atom is -0.389 e. The van der Waals surface area contributed by atoms with Crippen molar-refractivity contribution in [3.8, 4) is 0 Å². The van der Waals surface area contributed by atoms with Crippen LogP contribution in [-0.2, 0) is 10.4 Å². The first-order valence-corrected chi connectivity index (χ1v) is 6.93. The SMILES string of the molecule is O=C(N1CC(O)C1)C(O)(c1ccccc1)c1ccccc1. The van der Waals surface area contributed by atoms with Gasteiger partial charge in [0.05, 0.1) is 6.10 Å². The number of carbonyl (C=O) groups excluding carboxylic acids is 1. The maximum absolute atomic E-state index is 12.8. The van der Waals surface area contributed by atoms with Crippen molar-refractivity contribution in [1.29, 1.82) is 0 Å². The summed E-state index contributed by atoms with van der Waals surface area (Å²) in [5.74, 6) is -0.398. The average molecular weight is 283 g/mol. The lowest BCUT2D eigenvalue weighted by Crippen LogP contribution is -2.59. The Bertz CT molecular complexity index is 581. The Morgan fingerprint density at radius 2 is 1.38 bits per heavy atom. The van der Waals surface area contributed by atoms with Crippen LogP contribution in [0.2, 0.25) is 0 Å². The number of likely N-dealkylation sites (tertiary alicyclic amines) is 1. The highest BCUT2D eigenvalue weighted by molar-refractivity contribution is 5.90. The van der Waals surface area contributed by atoms with E-state index in [4.69, 9.17) is 0 Å². The van der Waals surface area contributed by atoms with Gasteiger partial charge in [0.1, 0.15) is 0 Å². The lowest BCUT2D eigenvalue weighted by Gasteiger charge is -2.41. The molecule has 0 bridgehead atoms. The first-order chi connectivity index (χ1) is 10.1. The molecule has 1 fully saturated rings. The Morgan fingerprint density at radius 1 is 0.952 bits per heavy atom. The Labute approximate surface area is 123 Å². The molecule has 1 heterocycles. The summed E-state index contributed by atoms with van der Waals surface area (Å²) in [6, 6.07) is 17.8. The fourth-order valence-electron chi connectivity index (χ4n) is 2.62. The molecule has 2 aromatic rings. The molecule has 1 aliphatic heterocycles. The molecule has 1 aliphatic rings. The number of carbonyl (C=O) groups is 1. The molecule has 108 valence electrons. The zero-order valence-corrected chi connectivity index (χ0v) is 11.5. The fourth-order valence-corrected chi connectivity index (χ4v) is 2.62. The van der Waals surface area contributed by atoms with E-state index in [1.807, 2.05) is 12.1 Å². The van der Waals surface area contributed by atoms with E-state index in [0.29, 0.717) is 11.1 Å². The van der Waals surface area contributed by atoms with E-state index in [1.54, 1.807) is 48.5 Å². The summed E-state index contributed by atoms with van der Waals surface area (Å²) < 4.78 is 0. The maximum atomic E-state index is 12.8. The molecule has 0 atom stereocenters. The van der Waals surface area contributed by atoms with Crippen LogP contribution >= 0.6 is 0 Å². The minimum absolute atomic E-state index is 0.265. The van der Waals surface area contributed by atoms with Crippen LogP contribution in [0.4, 0.5) is 0 Å². The summed E-state index contributed by atoms with van der Waals surface area (Å²) in [7, 11) is 0. The molecule has 0 radical (unpaired) electrons. The molecule has 4 nitrogen and oxygen atoms in total. The molecule has 21 heavy (non-hydrogen) atoms. The van der Waals surface area contributed by atoms with Crippen LogP contribution in [0.5, 0.6) is 0 Å². The van der Waals surface area contributed by atoms with Crippen molar-refractivity contribution in [3.05, 3.63) is 71.8 Å². The highest BCUT2D eigenvalue weighted by Gasteiger charge is 2.45. The molecule has 2 N–H and O–H groups in total. The van der Waals surface area contributed by atoms with Gasteiger partial charge in [-0.05, 0) is 11.1 Å². The Hall–Kier alpha value is -2.17. The molecule has 0 aromatic heterocycles. The molecule has 2 aromatic carbocycles. The number of amides is 1. The molecule has 0 spiro atoms. The van der Waals surface area contributed by atoms with Gasteiger partial charge in [0.25, 0.3) is 5.91 Å². The molecule has 3 rings (SSSR count). The summed E-state index contributed by atoms with van der Waals surface area (Å²) in [6.45, 7) is 0.529. The van der Waals surface area contributed by atoms with Gasteiger partial charge in [-0.2, -0.15) is 0 Å². The van der Waals surface area contributed by atoms with Gasteiger partial charge >= 0.3 is 0 Å². The lowest BCUT2D eigenvalue weighted by molar-refractivity contribution is -0.158. The van der Waals surface area contributed by atoms with E-state index in [9.17, 15) is 15.0 Å². The van der Waals surface area contributed by atoms with Crippen molar-refractivity contribution in [3.63, 3.8) is 0 Å². The van der Waals surface area contributed by atoms with Crippen molar-refractivity contribution >= 4 is 5.91 Å². The summed E-state index contributed by atoms with van der Waals surface area (Å²) in [6.07, 6.45) is -0.496. The lowest BCUT2D eigenvalue weighted by atomic mass is 9.84. The van der Waals surface area contributed by atoms with E-state index in [2.05, 4.69) is 0 Å². The molecule has 0 aliphatic carbocycles. The minimum atomic E-state index is -1.72. The third-order valence-electron chi connectivity index (χ3n) is 3.84. The van der Waals surface area contributed by atoms with Crippen molar-refractivity contribution in [2.45, 2.75) is 11.7 Å². The summed E-state index contributed by atoms with van der Waals surface area (Å²) in [5, 5.41) is 20.6. The number of nitrogens with zero attached hydrogens (tertiary/aromatic N) is 1. The largest absolute Gasteiger partial charge is 0.389 e. The highest BCUT2D eigenvalue weighted by atomic mass is 16.3. The Balaban J connectivity index is 2.05. The van der Waals surface area contributed by atoms with E-state index < -0.39 is 17.6 Å². The number of aliphatic hydroxyl groups is 2. The number of hydrogen-bond acceptors (Lipinski definition) is 3. The topological polar surface area (TPSA) is 60.8 Å². The second-order valence-corrected chi connectivity index (χ2v) is 5.31. The normalized spacial score (nSPS) is 15.6. The fraction of sp³-hybridized carbons (Fsp3) is 0.235. The highest BCUT2D eigenvalue weighted by Crippen LogP contribution is 2.33. The first-order valence-electron chi connectivity index (χ1n) is 6.93. The zero-order valence-electron chi connectivity index (χ0n) is 11.5. The van der Waals surface area contributed by atoms with Gasteiger partial charge in [0, 0.05) is 13.1 Å². The van der Waals surface area contributed by atoms with Crippen LogP contribution in [0.3, 0.4) is 0 Å². The van der Waals surface area contributed by atoms with E-state index in [-0.39, 0.29) is 13.1 Å². The summed E-state index contributed by atoms with van der Waals surface area (Å²) in [5.41, 5.74) is -0.659. The van der Waals surface area contributed by atoms with Crippen molar-refractivity contribution in [1.82, 2.24) is 4.90 Å². The second kappa shape index (κ2) is 5.31. The molecule has 1 saturated heterocycles. The third-order valence-corrected chi connectivity index (χ3v) is 3.84. The number of hydrogen-bond donors (Lipinski definition) is 2. The van der Waals surface area contributed by atoms with Crippen LogP contribution in [-0.4, -0.2) is 40.2 Å². The molecular formula is C17H17NO3. The zero-order chi connectivity index (χ0) is 14.9. The average Bonchev–Trinajstić information content (AvgIpc) is 2.52. The van der Waals surface area contributed by atoms with Gasteiger partial charge in [0.2, 0.25) is 0 Å². The van der Waals surface area contributed by atoms with Gasteiger partial charge < -0.3 is 15.1 Å². The predicted molar refractivity (Wildman–Crippen MR) is 78.5 cm³/mol. The van der Waals surface area contributed by atoms with Crippen molar-refractivity contribution < 1.29 is 15.0 Å². The van der Waals surface area contributed by atoms with Crippen LogP contribution in [0, 0.1) is 0 Å². The molecular weight excluding hydrogens is 266 g/mol. The number of β-amino-alcohol motifs (C(OH)–C–C–N with tert-alkyl or cyclic N) is 1. The monoisotopic (exact) mass is 283 g/mol. The van der Waals surface area contributed by atoms with Gasteiger partial charge in [-0.3, -0.25) is 4.79 Å². The summed E-state index contributed by atoms with van der Waals surface area (Å²) >= 11 is 0. The van der Waals surface area contributed by atoms with Gasteiger partial charge in [-0.25, -0.2) is 0 Å². The molecule has 0 unspecified atom stereocenters. The predicted octanol–water partition coefficient (Wildman–Crippen LogP) is 1.13. The number of rotatable bonds is 3. The second-order valence-electron chi connectivity index (χ2n) is 5.31. The van der Waals surface area contributed by atoms with Crippen LogP contribution in [0.25, 0.3) is 0 Å². The van der Waals surface area contributed by atoms with E-state index in [1.165, 1.54) is 4.90 Å². The maximum Gasteiger partial charge on any atom is 0.264 e. The Kier molecular flexibility index (Phi) is 3.49. The Morgan fingerprint density at radius 3 is 1.76 bits per heavy atom. The van der Waals surface area contributed by atoms with Gasteiger partial charge in [-0.15, -0.1) is 0 Å². The molecule has 4 heteroatoms. The van der Waals surface area contributed by atoms with Gasteiger partial charge in [0.15, 0.2) is 5.60 Å². The molecule has 1 amide bonds.